The summed E-state index contributed by atoms with van der Waals surface area (Å²) in [5.41, 5.74) is 2.33. The fraction of sp³-hybridized carbons (Fsp3) is 0.125. The molecule has 0 saturated heterocycles. The average molecular weight is 286 g/mol. The Morgan fingerprint density at radius 3 is 2.19 bits per heavy atom. The first-order chi connectivity index (χ1) is 9.97. The average Bonchev–Trinajstić information content (AvgIpc) is 2.45. The molecular weight excluding hydrogens is 271 g/mol. The molecule has 0 heterocycles. The molecule has 0 saturated carbocycles. The number of para-hydroxylation sites is 1. The zero-order chi connectivity index (χ0) is 15.4. The monoisotopic (exact) mass is 286 g/mol. The van der Waals surface area contributed by atoms with Gasteiger partial charge in [0.05, 0.1) is 5.69 Å². The Bertz CT molecular complexity index is 698. The van der Waals surface area contributed by atoms with E-state index < -0.39 is 17.6 Å². The Kier molecular flexibility index (Phi) is 4.33. The molecule has 0 bridgehead atoms. The van der Waals surface area contributed by atoms with E-state index in [2.05, 4.69) is 10.6 Å². The maximum Gasteiger partial charge on any atom is 0.314 e. The molecule has 0 atom stereocenters. The minimum absolute atomic E-state index is 0.0291. The standard InChI is InChI=1S/C16H15FN2O2/c1-10-7-8-11(2)14(9-10)19-16(21)15(20)18-13-6-4-3-5-12(13)17/h3-9H,1-2H3,(H,18,20)(H,19,21). The van der Waals surface area contributed by atoms with Crippen molar-refractivity contribution in [1.82, 2.24) is 0 Å². The SMILES string of the molecule is Cc1ccc(C)c(NC(=O)C(=O)Nc2ccccc2F)c1. The van der Waals surface area contributed by atoms with Crippen molar-refractivity contribution in [3.63, 3.8) is 0 Å². The molecule has 0 radical (unpaired) electrons. The zero-order valence-electron chi connectivity index (χ0n) is 11.7. The third kappa shape index (κ3) is 3.66. The molecule has 2 amide bonds. The lowest BCUT2D eigenvalue weighted by molar-refractivity contribution is -0.133. The van der Waals surface area contributed by atoms with Crippen LogP contribution in [0.15, 0.2) is 42.5 Å². The lowest BCUT2D eigenvalue weighted by atomic mass is 10.1. The van der Waals surface area contributed by atoms with Crippen LogP contribution in [0.4, 0.5) is 15.8 Å². The Morgan fingerprint density at radius 1 is 0.905 bits per heavy atom. The molecule has 0 aromatic heterocycles. The first kappa shape index (κ1) is 14.7. The van der Waals surface area contributed by atoms with Crippen LogP contribution in [0.5, 0.6) is 0 Å². The van der Waals surface area contributed by atoms with Gasteiger partial charge in [-0.15, -0.1) is 0 Å². The van der Waals surface area contributed by atoms with Crippen molar-refractivity contribution < 1.29 is 14.0 Å². The number of aryl methyl sites for hydroxylation is 2. The van der Waals surface area contributed by atoms with E-state index in [1.54, 1.807) is 12.1 Å². The normalized spacial score (nSPS) is 10.0. The highest BCUT2D eigenvalue weighted by Crippen LogP contribution is 2.17. The lowest BCUT2D eigenvalue weighted by Gasteiger charge is -2.10. The Labute approximate surface area is 122 Å². The van der Waals surface area contributed by atoms with Crippen LogP contribution < -0.4 is 10.6 Å². The third-order valence-corrected chi connectivity index (χ3v) is 2.97. The van der Waals surface area contributed by atoms with Crippen molar-refractivity contribution in [3.05, 3.63) is 59.4 Å². The van der Waals surface area contributed by atoms with Gasteiger partial charge in [-0.2, -0.15) is 0 Å². The van der Waals surface area contributed by atoms with E-state index in [-0.39, 0.29) is 5.69 Å². The first-order valence-corrected chi connectivity index (χ1v) is 6.41. The van der Waals surface area contributed by atoms with E-state index in [9.17, 15) is 14.0 Å². The highest BCUT2D eigenvalue weighted by atomic mass is 19.1. The first-order valence-electron chi connectivity index (χ1n) is 6.41. The summed E-state index contributed by atoms with van der Waals surface area (Å²) in [6, 6.07) is 11.2. The van der Waals surface area contributed by atoms with Gasteiger partial charge in [-0.3, -0.25) is 9.59 Å². The molecule has 5 heteroatoms. The summed E-state index contributed by atoms with van der Waals surface area (Å²) in [7, 11) is 0. The number of halogens is 1. The van der Waals surface area contributed by atoms with Crippen LogP contribution in [0.1, 0.15) is 11.1 Å². The molecule has 2 N–H and O–H groups in total. The van der Waals surface area contributed by atoms with Crippen molar-refractivity contribution in [3.8, 4) is 0 Å². The van der Waals surface area contributed by atoms with Crippen LogP contribution in [0.3, 0.4) is 0 Å². The summed E-state index contributed by atoms with van der Waals surface area (Å²) in [6.45, 7) is 3.71. The van der Waals surface area contributed by atoms with Gasteiger partial charge in [0.15, 0.2) is 0 Å². The summed E-state index contributed by atoms with van der Waals surface area (Å²) in [4.78, 5) is 23.6. The van der Waals surface area contributed by atoms with Gasteiger partial charge in [0.2, 0.25) is 0 Å². The van der Waals surface area contributed by atoms with Crippen LogP contribution in [-0.2, 0) is 9.59 Å². The van der Waals surface area contributed by atoms with Crippen LogP contribution in [0.2, 0.25) is 0 Å². The predicted octanol–water partition coefficient (Wildman–Crippen LogP) is 3.02. The fourth-order valence-electron chi connectivity index (χ4n) is 1.79. The molecule has 4 nitrogen and oxygen atoms in total. The quantitative estimate of drug-likeness (QED) is 0.834. The van der Waals surface area contributed by atoms with E-state index in [1.165, 1.54) is 18.2 Å². The zero-order valence-corrected chi connectivity index (χ0v) is 11.7. The number of hydrogen-bond donors (Lipinski definition) is 2. The molecule has 0 spiro atoms. The predicted molar refractivity (Wildman–Crippen MR) is 79.6 cm³/mol. The summed E-state index contributed by atoms with van der Waals surface area (Å²) < 4.78 is 13.4. The minimum Gasteiger partial charge on any atom is -0.318 e. The summed E-state index contributed by atoms with van der Waals surface area (Å²) in [5, 5.41) is 4.76. The second-order valence-electron chi connectivity index (χ2n) is 4.71. The molecule has 21 heavy (non-hydrogen) atoms. The maximum absolute atomic E-state index is 13.4. The molecule has 2 aromatic rings. The number of rotatable bonds is 2. The lowest BCUT2D eigenvalue weighted by Crippen LogP contribution is -2.29. The topological polar surface area (TPSA) is 58.2 Å². The van der Waals surface area contributed by atoms with Gasteiger partial charge in [-0.05, 0) is 43.2 Å². The molecule has 0 unspecified atom stereocenters. The van der Waals surface area contributed by atoms with Gasteiger partial charge in [-0.25, -0.2) is 4.39 Å². The van der Waals surface area contributed by atoms with E-state index >= 15 is 0 Å². The molecule has 0 aliphatic rings. The van der Waals surface area contributed by atoms with Gasteiger partial charge in [0.25, 0.3) is 0 Å². The number of nitrogens with one attached hydrogen (secondary N) is 2. The summed E-state index contributed by atoms with van der Waals surface area (Å²) in [5.74, 6) is -2.35. The van der Waals surface area contributed by atoms with Crippen molar-refractivity contribution in [2.45, 2.75) is 13.8 Å². The van der Waals surface area contributed by atoms with E-state index in [0.29, 0.717) is 5.69 Å². The smallest absolute Gasteiger partial charge is 0.314 e. The number of carbonyl (C=O) groups is 2. The van der Waals surface area contributed by atoms with Crippen molar-refractivity contribution in [1.29, 1.82) is 0 Å². The summed E-state index contributed by atoms with van der Waals surface area (Å²) >= 11 is 0. The summed E-state index contributed by atoms with van der Waals surface area (Å²) in [6.07, 6.45) is 0. The van der Waals surface area contributed by atoms with Gasteiger partial charge >= 0.3 is 11.8 Å². The number of benzene rings is 2. The number of anilines is 2. The van der Waals surface area contributed by atoms with Crippen LogP contribution in [0, 0.1) is 19.7 Å². The second-order valence-corrected chi connectivity index (χ2v) is 4.71. The number of amides is 2. The second kappa shape index (κ2) is 6.17. The van der Waals surface area contributed by atoms with Crippen LogP contribution in [0.25, 0.3) is 0 Å². The molecule has 0 aliphatic carbocycles. The van der Waals surface area contributed by atoms with E-state index in [1.807, 2.05) is 26.0 Å². The van der Waals surface area contributed by atoms with Gasteiger partial charge in [-0.1, -0.05) is 24.3 Å². The largest absolute Gasteiger partial charge is 0.318 e. The fourth-order valence-corrected chi connectivity index (χ4v) is 1.79. The van der Waals surface area contributed by atoms with E-state index in [4.69, 9.17) is 0 Å². The minimum atomic E-state index is -0.916. The van der Waals surface area contributed by atoms with Crippen molar-refractivity contribution in [2.24, 2.45) is 0 Å². The Hall–Kier alpha value is -2.69. The molecule has 0 fully saturated rings. The molecular formula is C16H15FN2O2. The van der Waals surface area contributed by atoms with Gasteiger partial charge < -0.3 is 10.6 Å². The van der Waals surface area contributed by atoms with Crippen molar-refractivity contribution >= 4 is 23.2 Å². The number of carbonyl (C=O) groups excluding carboxylic acids is 2. The maximum atomic E-state index is 13.4. The number of hydrogen-bond acceptors (Lipinski definition) is 2. The van der Waals surface area contributed by atoms with Gasteiger partial charge in [0, 0.05) is 5.69 Å². The molecule has 2 aromatic carbocycles. The van der Waals surface area contributed by atoms with Crippen LogP contribution >= 0.6 is 0 Å². The molecule has 108 valence electrons. The highest BCUT2D eigenvalue weighted by Gasteiger charge is 2.16. The molecule has 0 aliphatic heterocycles. The third-order valence-electron chi connectivity index (χ3n) is 2.97. The Morgan fingerprint density at radius 2 is 1.52 bits per heavy atom. The van der Waals surface area contributed by atoms with Crippen LogP contribution in [-0.4, -0.2) is 11.8 Å². The highest BCUT2D eigenvalue weighted by molar-refractivity contribution is 6.43. The Balaban J connectivity index is 2.08. The molecule has 2 rings (SSSR count). The van der Waals surface area contributed by atoms with E-state index in [0.717, 1.165) is 11.1 Å². The van der Waals surface area contributed by atoms with Crippen molar-refractivity contribution in [2.75, 3.05) is 10.6 Å². The van der Waals surface area contributed by atoms with Gasteiger partial charge in [0.1, 0.15) is 5.82 Å².